The first-order valence-corrected chi connectivity index (χ1v) is 10.3. The molecule has 3 heterocycles. The first-order valence-electron chi connectivity index (χ1n) is 10.3. The molecule has 2 aliphatic rings. The lowest BCUT2D eigenvalue weighted by Crippen LogP contribution is -2.25. The smallest absolute Gasteiger partial charge is 0.280 e. The molecule has 0 saturated heterocycles. The van der Waals surface area contributed by atoms with Crippen molar-refractivity contribution in [3.8, 4) is 17.2 Å². The largest absolute Gasteiger partial charge is 0.454 e. The van der Waals surface area contributed by atoms with Crippen molar-refractivity contribution < 1.29 is 36.2 Å². The van der Waals surface area contributed by atoms with Gasteiger partial charge in [-0.2, -0.15) is 10.1 Å². The minimum absolute atomic E-state index is 0.0480. The molecule has 0 radical (unpaired) electrons. The number of carbonyl (C=O) groups excluding carboxylic acids is 1. The van der Waals surface area contributed by atoms with Gasteiger partial charge in [0.2, 0.25) is 12.6 Å². The molecule has 0 fully saturated rings. The zero-order valence-electron chi connectivity index (χ0n) is 18.6. The second-order valence-corrected chi connectivity index (χ2v) is 7.98. The number of fused-ring (bicyclic) bond motifs is 1. The molecule has 0 saturated carbocycles. The lowest BCUT2D eigenvalue weighted by molar-refractivity contribution is -0.114. The summed E-state index contributed by atoms with van der Waals surface area (Å²) in [5.41, 5.74) is 1.47. The van der Waals surface area contributed by atoms with Gasteiger partial charge < -0.3 is 14.0 Å². The summed E-state index contributed by atoms with van der Waals surface area (Å²) in [7, 11) is 0. The Balaban J connectivity index is 1.55. The second-order valence-electron chi connectivity index (χ2n) is 7.98. The highest BCUT2D eigenvalue weighted by Gasteiger charge is 2.37. The summed E-state index contributed by atoms with van der Waals surface area (Å²) < 4.78 is 82.0. The average molecular weight is 489 g/mol. The molecule has 0 unspecified atom stereocenters. The van der Waals surface area contributed by atoms with Crippen molar-refractivity contribution in [3.63, 3.8) is 0 Å². The van der Waals surface area contributed by atoms with Gasteiger partial charge in [-0.3, -0.25) is 4.79 Å². The zero-order chi connectivity index (χ0) is 25.2. The fourth-order valence-electron chi connectivity index (χ4n) is 4.13. The fraction of sp³-hybridized carbons (Fsp3) is 0.167. The Hall–Kier alpha value is -4.15. The van der Waals surface area contributed by atoms with Crippen LogP contribution < -0.4 is 14.5 Å². The lowest BCUT2D eigenvalue weighted by Gasteiger charge is -2.15. The zero-order valence-corrected chi connectivity index (χ0v) is 18.6. The minimum Gasteiger partial charge on any atom is -0.454 e. The van der Waals surface area contributed by atoms with Crippen LogP contribution in [0.2, 0.25) is 0 Å². The first kappa shape index (κ1) is 22.6. The van der Waals surface area contributed by atoms with Crippen molar-refractivity contribution in [1.29, 1.82) is 0 Å². The Morgan fingerprint density at radius 1 is 0.886 bits per heavy atom. The van der Waals surface area contributed by atoms with Crippen LogP contribution in [0.4, 0.5) is 27.6 Å². The molecule has 2 aliphatic heterocycles. The van der Waals surface area contributed by atoms with Gasteiger partial charge in [0, 0.05) is 23.1 Å². The molecule has 35 heavy (non-hydrogen) atoms. The van der Waals surface area contributed by atoms with E-state index in [-0.39, 0.29) is 23.1 Å². The van der Waals surface area contributed by atoms with Crippen molar-refractivity contribution in [3.05, 3.63) is 75.9 Å². The molecule has 0 aliphatic carbocycles. The van der Waals surface area contributed by atoms with Gasteiger partial charge >= 0.3 is 0 Å². The standard InChI is InChI=1S/C24H16F5N3O3/c1-10-6-13(12(3)31(10)14-4-5-16-17(8-14)35-9-34-16)7-15-11(2)30-32(24(15)33)23-21(28)19(26)18(25)20(27)22(23)29/h4-8H,9H2,1-3H3. The van der Waals surface area contributed by atoms with Crippen molar-refractivity contribution in [2.24, 2.45) is 5.10 Å². The van der Waals surface area contributed by atoms with Crippen molar-refractivity contribution >= 4 is 23.4 Å². The summed E-state index contributed by atoms with van der Waals surface area (Å²) in [5, 5.41) is 3.96. The minimum atomic E-state index is -2.32. The van der Waals surface area contributed by atoms with Crippen molar-refractivity contribution in [2.75, 3.05) is 11.8 Å². The van der Waals surface area contributed by atoms with Crippen LogP contribution >= 0.6 is 0 Å². The molecule has 3 aromatic rings. The SMILES string of the molecule is CC1=NN(c2c(F)c(F)c(F)c(F)c2F)C(=O)C1=Cc1cc(C)n(-c2ccc3c(c2)OCO3)c1C. The highest BCUT2D eigenvalue weighted by molar-refractivity contribution is 6.32. The third kappa shape index (κ3) is 3.37. The quantitative estimate of drug-likeness (QED) is 0.217. The van der Waals surface area contributed by atoms with Crippen LogP contribution in [0.25, 0.3) is 11.8 Å². The molecule has 0 spiro atoms. The van der Waals surface area contributed by atoms with Crippen LogP contribution in [0.1, 0.15) is 23.9 Å². The van der Waals surface area contributed by atoms with Gasteiger partial charge in [-0.25, -0.2) is 22.0 Å². The average Bonchev–Trinajstić information content (AvgIpc) is 3.48. The molecule has 11 heteroatoms. The van der Waals surface area contributed by atoms with Crippen LogP contribution in [0.5, 0.6) is 11.5 Å². The number of aryl methyl sites for hydroxylation is 1. The van der Waals surface area contributed by atoms with E-state index in [0.29, 0.717) is 17.1 Å². The third-order valence-corrected chi connectivity index (χ3v) is 5.85. The maximum Gasteiger partial charge on any atom is 0.280 e. The number of ether oxygens (including phenoxy) is 2. The van der Waals surface area contributed by atoms with Gasteiger partial charge in [-0.05, 0) is 50.6 Å². The monoisotopic (exact) mass is 489 g/mol. The number of halogens is 5. The predicted octanol–water partition coefficient (Wildman–Crippen LogP) is 5.32. The van der Waals surface area contributed by atoms with Gasteiger partial charge in [-0.1, -0.05) is 0 Å². The Bertz CT molecular complexity index is 1460. The van der Waals surface area contributed by atoms with E-state index in [1.807, 2.05) is 17.6 Å². The van der Waals surface area contributed by atoms with E-state index in [4.69, 9.17) is 9.47 Å². The number of hydrogen-bond donors (Lipinski definition) is 0. The summed E-state index contributed by atoms with van der Waals surface area (Å²) in [6.07, 6.45) is 1.46. The van der Waals surface area contributed by atoms with Gasteiger partial charge in [0.05, 0.1) is 11.3 Å². The van der Waals surface area contributed by atoms with E-state index in [1.54, 1.807) is 25.1 Å². The van der Waals surface area contributed by atoms with E-state index in [2.05, 4.69) is 5.10 Å². The molecule has 1 amide bonds. The van der Waals surface area contributed by atoms with Gasteiger partial charge in [-0.15, -0.1) is 0 Å². The second kappa shape index (κ2) is 7.97. The molecular formula is C24H16F5N3O3. The number of aromatic nitrogens is 1. The molecule has 0 bridgehead atoms. The summed E-state index contributed by atoms with van der Waals surface area (Å²) in [6.45, 7) is 5.17. The Morgan fingerprint density at radius 2 is 1.51 bits per heavy atom. The van der Waals surface area contributed by atoms with Crippen LogP contribution in [-0.2, 0) is 4.79 Å². The van der Waals surface area contributed by atoms with E-state index < -0.39 is 40.7 Å². The van der Waals surface area contributed by atoms with Crippen LogP contribution in [0.3, 0.4) is 0 Å². The first-order chi connectivity index (χ1) is 16.6. The maximum absolute atomic E-state index is 14.3. The van der Waals surface area contributed by atoms with Crippen molar-refractivity contribution in [2.45, 2.75) is 20.8 Å². The molecule has 2 aromatic carbocycles. The molecule has 6 nitrogen and oxygen atoms in total. The van der Waals surface area contributed by atoms with Gasteiger partial charge in [0.1, 0.15) is 5.69 Å². The predicted molar refractivity (Wildman–Crippen MR) is 116 cm³/mol. The number of hydrazone groups is 1. The molecule has 180 valence electrons. The van der Waals surface area contributed by atoms with Crippen LogP contribution in [-0.4, -0.2) is 23.0 Å². The number of rotatable bonds is 3. The fourth-order valence-corrected chi connectivity index (χ4v) is 4.13. The third-order valence-electron chi connectivity index (χ3n) is 5.85. The number of benzene rings is 2. The number of hydrogen-bond acceptors (Lipinski definition) is 4. The molecule has 0 N–H and O–H groups in total. The number of amides is 1. The Morgan fingerprint density at radius 3 is 2.20 bits per heavy atom. The lowest BCUT2D eigenvalue weighted by atomic mass is 10.1. The molecular weight excluding hydrogens is 473 g/mol. The molecule has 1 aromatic heterocycles. The number of carbonyl (C=O) groups is 1. The van der Waals surface area contributed by atoms with Gasteiger partial charge in [0.15, 0.2) is 34.8 Å². The Kier molecular flexibility index (Phi) is 5.15. The van der Waals surface area contributed by atoms with E-state index >= 15 is 0 Å². The summed E-state index contributed by atoms with van der Waals surface area (Å²) in [5.74, 6) is -10.8. The highest BCUT2D eigenvalue weighted by Crippen LogP contribution is 2.36. The molecule has 0 atom stereocenters. The highest BCUT2D eigenvalue weighted by atomic mass is 19.2. The van der Waals surface area contributed by atoms with Crippen LogP contribution in [0.15, 0.2) is 34.9 Å². The summed E-state index contributed by atoms with van der Waals surface area (Å²) in [4.78, 5) is 13.0. The van der Waals surface area contributed by atoms with E-state index in [0.717, 1.165) is 17.1 Å². The molecule has 5 rings (SSSR count). The maximum atomic E-state index is 14.3. The van der Waals surface area contributed by atoms with Crippen molar-refractivity contribution in [1.82, 2.24) is 4.57 Å². The van der Waals surface area contributed by atoms with Gasteiger partial charge in [0.25, 0.3) is 5.91 Å². The van der Waals surface area contributed by atoms with E-state index in [9.17, 15) is 26.7 Å². The summed E-state index contributed by atoms with van der Waals surface area (Å²) >= 11 is 0. The van der Waals surface area contributed by atoms with E-state index in [1.165, 1.54) is 13.0 Å². The Labute approximate surface area is 195 Å². The topological polar surface area (TPSA) is 56.1 Å². The number of nitrogens with zero attached hydrogens (tertiary/aromatic N) is 3. The summed E-state index contributed by atoms with van der Waals surface area (Å²) in [6, 6.07) is 7.20. The van der Waals surface area contributed by atoms with Crippen LogP contribution in [0, 0.1) is 42.9 Å². The number of anilines is 1. The normalized spacial score (nSPS) is 16.0.